The Morgan fingerprint density at radius 3 is 2.09 bits per heavy atom. The minimum atomic E-state index is -0.987. The number of alkyl carbamates (subject to hydrolysis) is 1. The molecule has 0 spiro atoms. The van der Waals surface area contributed by atoms with Gasteiger partial charge in [0.15, 0.2) is 0 Å². The molecule has 5 aliphatic rings. The molecule has 0 bridgehead atoms. The van der Waals surface area contributed by atoms with Gasteiger partial charge in [-0.2, -0.15) is 0 Å². The quantitative estimate of drug-likeness (QED) is 0.0369. The predicted molar refractivity (Wildman–Crippen MR) is 301 cm³/mol. The van der Waals surface area contributed by atoms with Gasteiger partial charge in [-0.05, 0) is 152 Å². The SMILES string of the molecule is CNC(=O)CCC(=O)O[C@@H]1C[C@@H](COC(c2ccccc2)(c2ccc(OC)cc2)c2ccc(OC)cc2)N(CCCCCCNC(=O)O[C@H]2CC[C@@]3(C)C(=CCC4C3CC[C@@]3(C)C4CC[C@@H]3[C@H](C)CCCC(C)C)C2)C1. The fraction of sp³-hybridized carbons (Fsp3) is 0.646. The fourth-order valence-corrected chi connectivity index (χ4v) is 15.3. The average molecular weight is 1040 g/mol. The third kappa shape index (κ3) is 13.2. The van der Waals surface area contributed by atoms with Crippen LogP contribution in [0.2, 0.25) is 0 Å². The van der Waals surface area contributed by atoms with Crippen LogP contribution in [0.25, 0.3) is 0 Å². The molecule has 11 heteroatoms. The number of carbonyl (C=O) groups is 3. The summed E-state index contributed by atoms with van der Waals surface area (Å²) in [5, 5.41) is 5.68. The van der Waals surface area contributed by atoms with Gasteiger partial charge in [-0.3, -0.25) is 14.5 Å². The summed E-state index contributed by atoms with van der Waals surface area (Å²) in [6.45, 7) is 14.9. The zero-order valence-electron chi connectivity index (χ0n) is 47.5. The van der Waals surface area contributed by atoms with Gasteiger partial charge >= 0.3 is 12.1 Å². The van der Waals surface area contributed by atoms with E-state index in [0.717, 1.165) is 115 Å². The summed E-state index contributed by atoms with van der Waals surface area (Å²) in [5.41, 5.74) is 4.16. The van der Waals surface area contributed by atoms with Crippen LogP contribution in [0.3, 0.4) is 0 Å². The molecule has 76 heavy (non-hydrogen) atoms. The smallest absolute Gasteiger partial charge is 0.407 e. The summed E-state index contributed by atoms with van der Waals surface area (Å²) in [5.74, 6) is 5.82. The predicted octanol–water partition coefficient (Wildman–Crippen LogP) is 13.2. The topological polar surface area (TPSA) is 125 Å². The number of fused-ring (bicyclic) bond motifs is 5. The first kappa shape index (κ1) is 57.3. The number of nitrogens with one attached hydrogen (secondary N) is 2. The van der Waals surface area contributed by atoms with Crippen molar-refractivity contribution in [2.75, 3.05) is 47.5 Å². The monoisotopic (exact) mass is 1040 g/mol. The average Bonchev–Trinajstić information content (AvgIpc) is 4.11. The van der Waals surface area contributed by atoms with Crippen LogP contribution in [0.15, 0.2) is 90.5 Å². The zero-order chi connectivity index (χ0) is 53.9. The molecule has 3 aromatic carbocycles. The van der Waals surface area contributed by atoms with E-state index in [1.54, 1.807) is 26.8 Å². The van der Waals surface area contributed by atoms with Crippen molar-refractivity contribution >= 4 is 18.0 Å². The van der Waals surface area contributed by atoms with E-state index in [9.17, 15) is 14.4 Å². The number of hydrogen-bond donors (Lipinski definition) is 2. The van der Waals surface area contributed by atoms with Crippen molar-refractivity contribution < 1.29 is 38.1 Å². The number of ether oxygens (including phenoxy) is 5. The number of carbonyl (C=O) groups excluding carboxylic acids is 3. The molecular weight excluding hydrogens is 951 g/mol. The molecule has 0 radical (unpaired) electrons. The molecule has 2 amide bonds. The first-order chi connectivity index (χ1) is 36.7. The molecule has 1 aliphatic heterocycles. The lowest BCUT2D eigenvalue weighted by molar-refractivity contribution is -0.149. The summed E-state index contributed by atoms with van der Waals surface area (Å²) in [6, 6.07) is 26.3. The minimum absolute atomic E-state index is 0.0306. The van der Waals surface area contributed by atoms with Crippen molar-refractivity contribution in [3.8, 4) is 11.5 Å². The molecule has 4 fully saturated rings. The van der Waals surface area contributed by atoms with Gasteiger partial charge < -0.3 is 34.3 Å². The van der Waals surface area contributed by atoms with Crippen molar-refractivity contribution in [2.24, 2.45) is 46.3 Å². The van der Waals surface area contributed by atoms with Gasteiger partial charge in [0.25, 0.3) is 0 Å². The zero-order valence-corrected chi connectivity index (χ0v) is 47.5. The Morgan fingerprint density at radius 1 is 0.737 bits per heavy atom. The number of hydrogen-bond acceptors (Lipinski definition) is 9. The summed E-state index contributed by atoms with van der Waals surface area (Å²) in [6.07, 6.45) is 20.2. The molecule has 11 nitrogen and oxygen atoms in total. The molecular formula is C65H93N3O8. The Morgan fingerprint density at radius 2 is 1.42 bits per heavy atom. The van der Waals surface area contributed by atoms with Gasteiger partial charge in [-0.1, -0.05) is 133 Å². The summed E-state index contributed by atoms with van der Waals surface area (Å²) < 4.78 is 30.7. The number of nitrogens with zero attached hydrogens (tertiary/aromatic N) is 1. The van der Waals surface area contributed by atoms with Crippen LogP contribution in [0.1, 0.15) is 167 Å². The maximum atomic E-state index is 13.2. The highest BCUT2D eigenvalue weighted by Gasteiger charge is 2.59. The minimum Gasteiger partial charge on any atom is -0.497 e. The Kier molecular flexibility index (Phi) is 19.7. The van der Waals surface area contributed by atoms with E-state index in [1.165, 1.54) is 51.4 Å². The number of methoxy groups -OCH3 is 2. The molecule has 0 aromatic heterocycles. The Balaban J connectivity index is 0.833. The van der Waals surface area contributed by atoms with Crippen LogP contribution < -0.4 is 20.1 Å². The number of likely N-dealkylation sites (tertiary alicyclic amines) is 1. The highest BCUT2D eigenvalue weighted by molar-refractivity contribution is 5.81. The number of unbranched alkanes of at least 4 members (excludes halogenated alkanes) is 3. The standard InChI is InChI=1S/C65H93N3O8/c1-45(2)17-16-18-46(3)57-31-32-58-56-30-25-50-41-54(35-37-63(50,4)59(56)36-38-64(57,58)5)76-62(71)67-39-14-9-10-15-40-68-43-55(75-61(70)34-33-60(69)66-6)42-51(68)44-74-65(47-19-12-11-13-20-47,48-21-26-52(72-7)27-22-48)49-23-28-53(73-8)29-24-49/h11-13,19-29,45-46,51,54-59H,9-10,14-18,30-44H2,1-8H3,(H,66,69)(H,67,71)/t46-,51+,54+,55-,56?,57-,58?,59?,63+,64-/m1/s1. The van der Waals surface area contributed by atoms with Crippen molar-refractivity contribution in [3.05, 3.63) is 107 Å². The third-order valence-corrected chi connectivity index (χ3v) is 19.5. The molecule has 3 saturated carbocycles. The van der Waals surface area contributed by atoms with Crippen LogP contribution in [0.4, 0.5) is 4.79 Å². The number of esters is 1. The highest BCUT2D eigenvalue weighted by Crippen LogP contribution is 2.67. The first-order valence-corrected chi connectivity index (χ1v) is 29.5. The first-order valence-electron chi connectivity index (χ1n) is 29.5. The lowest BCUT2D eigenvalue weighted by Gasteiger charge is -2.58. The van der Waals surface area contributed by atoms with Gasteiger partial charge in [0.2, 0.25) is 5.91 Å². The number of benzene rings is 3. The molecule has 2 N–H and O–H groups in total. The van der Waals surface area contributed by atoms with Crippen molar-refractivity contribution in [1.29, 1.82) is 0 Å². The second-order valence-electron chi connectivity index (χ2n) is 24.4. The molecule has 10 atom stereocenters. The van der Waals surface area contributed by atoms with E-state index in [-0.39, 0.29) is 54.5 Å². The van der Waals surface area contributed by atoms with Crippen LogP contribution in [-0.2, 0) is 29.4 Å². The Labute approximate surface area is 456 Å². The van der Waals surface area contributed by atoms with Crippen LogP contribution in [0, 0.1) is 46.3 Å². The number of allylic oxidation sites excluding steroid dienone is 1. The normalized spacial score (nSPS) is 27.6. The lowest BCUT2D eigenvalue weighted by Crippen LogP contribution is -2.51. The van der Waals surface area contributed by atoms with E-state index in [1.807, 2.05) is 42.5 Å². The van der Waals surface area contributed by atoms with E-state index >= 15 is 0 Å². The molecule has 1 saturated heterocycles. The molecule has 8 rings (SSSR count). The highest BCUT2D eigenvalue weighted by atomic mass is 16.6. The van der Waals surface area contributed by atoms with Crippen LogP contribution in [-0.4, -0.2) is 88.6 Å². The summed E-state index contributed by atoms with van der Waals surface area (Å²) in [7, 11) is 4.90. The maximum absolute atomic E-state index is 13.2. The van der Waals surface area contributed by atoms with E-state index < -0.39 is 5.60 Å². The molecule has 416 valence electrons. The Bertz CT molecular complexity index is 2330. The van der Waals surface area contributed by atoms with Gasteiger partial charge in [0.1, 0.15) is 29.3 Å². The molecule has 1 heterocycles. The summed E-state index contributed by atoms with van der Waals surface area (Å²) >= 11 is 0. The second-order valence-corrected chi connectivity index (χ2v) is 24.4. The fourth-order valence-electron chi connectivity index (χ4n) is 15.3. The molecule has 4 aliphatic carbocycles. The molecule has 3 unspecified atom stereocenters. The van der Waals surface area contributed by atoms with E-state index in [0.29, 0.717) is 31.5 Å². The molecule has 3 aromatic rings. The number of amides is 2. The van der Waals surface area contributed by atoms with Gasteiger partial charge in [-0.15, -0.1) is 0 Å². The largest absolute Gasteiger partial charge is 0.497 e. The third-order valence-electron chi connectivity index (χ3n) is 19.5. The van der Waals surface area contributed by atoms with Gasteiger partial charge in [0, 0.05) is 45.4 Å². The van der Waals surface area contributed by atoms with Gasteiger partial charge in [0.05, 0.1) is 27.2 Å². The second kappa shape index (κ2) is 26.2. The van der Waals surface area contributed by atoms with Crippen molar-refractivity contribution in [1.82, 2.24) is 15.5 Å². The van der Waals surface area contributed by atoms with E-state index in [2.05, 4.69) is 92.6 Å². The lowest BCUT2D eigenvalue weighted by atomic mass is 9.47. The van der Waals surface area contributed by atoms with E-state index in [4.69, 9.17) is 23.7 Å². The maximum Gasteiger partial charge on any atom is 0.407 e. The summed E-state index contributed by atoms with van der Waals surface area (Å²) in [4.78, 5) is 40.6. The van der Waals surface area contributed by atoms with Crippen molar-refractivity contribution in [2.45, 2.75) is 174 Å². The number of rotatable bonds is 25. The van der Waals surface area contributed by atoms with Gasteiger partial charge in [-0.25, -0.2) is 4.79 Å². The Hall–Kier alpha value is -4.87. The van der Waals surface area contributed by atoms with Crippen LogP contribution in [0.5, 0.6) is 11.5 Å². The van der Waals surface area contributed by atoms with Crippen molar-refractivity contribution in [3.63, 3.8) is 0 Å². The van der Waals surface area contributed by atoms with Crippen LogP contribution >= 0.6 is 0 Å².